The Labute approximate surface area is 69.4 Å². The lowest BCUT2D eigenvalue weighted by molar-refractivity contribution is 0.452. The van der Waals surface area contributed by atoms with Gasteiger partial charge in [0.25, 0.3) is 0 Å². The predicted molar refractivity (Wildman–Crippen MR) is 49.3 cm³/mol. The molecule has 0 saturated heterocycles. The van der Waals surface area contributed by atoms with Gasteiger partial charge in [0.2, 0.25) is 0 Å². The van der Waals surface area contributed by atoms with Gasteiger partial charge in [-0.1, -0.05) is 32.9 Å². The number of allylic oxidation sites excluding steroid dienone is 2. The van der Waals surface area contributed by atoms with Gasteiger partial charge in [0.15, 0.2) is 0 Å². The van der Waals surface area contributed by atoms with E-state index in [-0.39, 0.29) is 5.41 Å². The molecule has 0 radical (unpaired) electrons. The predicted octanol–water partition coefficient (Wildman–Crippen LogP) is 2.42. The third kappa shape index (κ3) is 2.11. The first kappa shape index (κ1) is 8.38. The first-order valence-corrected chi connectivity index (χ1v) is 4.09. The van der Waals surface area contributed by atoms with Crippen LogP contribution in [-0.2, 0) is 0 Å². The summed E-state index contributed by atoms with van der Waals surface area (Å²) in [6, 6.07) is 0. The molecule has 1 aliphatic rings. The molecule has 1 aliphatic heterocycles. The summed E-state index contributed by atoms with van der Waals surface area (Å²) in [5, 5.41) is 0. The number of likely N-dealkylation sites (N-methyl/N-ethyl adjacent to an activating group) is 1. The van der Waals surface area contributed by atoms with Crippen LogP contribution < -0.4 is 0 Å². The van der Waals surface area contributed by atoms with Crippen molar-refractivity contribution in [3.8, 4) is 0 Å². The highest BCUT2D eigenvalue weighted by Crippen LogP contribution is 2.27. The van der Waals surface area contributed by atoms with Crippen LogP contribution >= 0.6 is 0 Å². The fourth-order valence-corrected chi connectivity index (χ4v) is 1.12. The lowest BCUT2D eigenvalue weighted by Gasteiger charge is -2.26. The Morgan fingerprint density at radius 1 is 1.36 bits per heavy atom. The lowest BCUT2D eigenvalue weighted by atomic mass is 9.86. The minimum absolute atomic E-state index is 0.283. The van der Waals surface area contributed by atoms with Crippen LogP contribution in [0.5, 0.6) is 0 Å². The molecule has 0 aromatic rings. The van der Waals surface area contributed by atoms with Crippen LogP contribution in [0.2, 0.25) is 0 Å². The SMILES string of the molecule is CN1C=C(C(C)(C)C)C=CC1. The van der Waals surface area contributed by atoms with Crippen molar-refractivity contribution in [1.29, 1.82) is 0 Å². The third-order valence-electron chi connectivity index (χ3n) is 1.92. The molecule has 0 aromatic carbocycles. The monoisotopic (exact) mass is 151 g/mol. The Balaban J connectivity index is 2.80. The Bertz CT molecular complexity index is 193. The molecule has 0 amide bonds. The van der Waals surface area contributed by atoms with E-state index in [9.17, 15) is 0 Å². The minimum Gasteiger partial charge on any atom is -0.376 e. The summed E-state index contributed by atoms with van der Waals surface area (Å²) >= 11 is 0. The van der Waals surface area contributed by atoms with Crippen LogP contribution in [0.1, 0.15) is 20.8 Å². The lowest BCUT2D eigenvalue weighted by Crippen LogP contribution is -2.19. The van der Waals surface area contributed by atoms with E-state index in [2.05, 4.69) is 51.1 Å². The zero-order valence-electron chi connectivity index (χ0n) is 7.89. The van der Waals surface area contributed by atoms with Gasteiger partial charge in [-0.2, -0.15) is 0 Å². The van der Waals surface area contributed by atoms with Crippen molar-refractivity contribution in [3.63, 3.8) is 0 Å². The molecular weight excluding hydrogens is 134 g/mol. The van der Waals surface area contributed by atoms with Crippen LogP contribution in [0, 0.1) is 5.41 Å². The van der Waals surface area contributed by atoms with Gasteiger partial charge in [-0.15, -0.1) is 0 Å². The Morgan fingerprint density at radius 3 is 2.36 bits per heavy atom. The zero-order chi connectivity index (χ0) is 8.48. The molecule has 1 nitrogen and oxygen atoms in total. The molecule has 0 N–H and O–H groups in total. The Morgan fingerprint density at radius 2 is 2.00 bits per heavy atom. The smallest absolute Gasteiger partial charge is 0.0354 e. The number of hydrogen-bond acceptors (Lipinski definition) is 1. The Hall–Kier alpha value is -0.720. The summed E-state index contributed by atoms with van der Waals surface area (Å²) in [5.41, 5.74) is 1.69. The van der Waals surface area contributed by atoms with Gasteiger partial charge in [-0.25, -0.2) is 0 Å². The molecule has 0 saturated carbocycles. The first-order valence-electron chi connectivity index (χ1n) is 4.09. The average Bonchev–Trinajstić information content (AvgIpc) is 1.86. The maximum atomic E-state index is 2.24. The quantitative estimate of drug-likeness (QED) is 0.514. The second-order valence-electron chi connectivity index (χ2n) is 4.18. The summed E-state index contributed by atoms with van der Waals surface area (Å²) in [7, 11) is 2.11. The topological polar surface area (TPSA) is 3.24 Å². The molecule has 1 heterocycles. The Kier molecular flexibility index (Phi) is 2.08. The molecule has 1 rings (SSSR count). The molecule has 0 fully saturated rings. The highest BCUT2D eigenvalue weighted by atomic mass is 15.1. The number of hydrogen-bond donors (Lipinski definition) is 0. The standard InChI is InChI=1S/C10H17N/c1-10(2,3)9-6-5-7-11(4)8-9/h5-6,8H,7H2,1-4H3. The highest BCUT2D eigenvalue weighted by molar-refractivity contribution is 5.27. The van der Waals surface area contributed by atoms with Gasteiger partial charge < -0.3 is 4.90 Å². The van der Waals surface area contributed by atoms with Crippen LogP contribution in [-0.4, -0.2) is 18.5 Å². The van der Waals surface area contributed by atoms with E-state index in [4.69, 9.17) is 0 Å². The molecule has 0 aromatic heterocycles. The molecular formula is C10H17N. The molecule has 0 unspecified atom stereocenters. The normalized spacial score (nSPS) is 18.5. The van der Waals surface area contributed by atoms with Crippen LogP contribution in [0.3, 0.4) is 0 Å². The molecule has 62 valence electrons. The summed E-state index contributed by atoms with van der Waals surface area (Å²) in [5.74, 6) is 0. The average molecular weight is 151 g/mol. The van der Waals surface area contributed by atoms with E-state index < -0.39 is 0 Å². The van der Waals surface area contributed by atoms with Crippen LogP contribution in [0.25, 0.3) is 0 Å². The molecule has 1 heteroatoms. The molecule has 0 aliphatic carbocycles. The summed E-state index contributed by atoms with van der Waals surface area (Å²) in [6.45, 7) is 7.76. The highest BCUT2D eigenvalue weighted by Gasteiger charge is 2.16. The van der Waals surface area contributed by atoms with Crippen molar-refractivity contribution in [3.05, 3.63) is 23.9 Å². The van der Waals surface area contributed by atoms with Gasteiger partial charge in [-0.05, 0) is 11.0 Å². The molecule has 0 atom stereocenters. The number of nitrogens with zero attached hydrogens (tertiary/aromatic N) is 1. The maximum Gasteiger partial charge on any atom is 0.0354 e. The number of rotatable bonds is 0. The van der Waals surface area contributed by atoms with Gasteiger partial charge in [-0.3, -0.25) is 0 Å². The summed E-state index contributed by atoms with van der Waals surface area (Å²) in [6.07, 6.45) is 6.65. The van der Waals surface area contributed by atoms with Crippen molar-refractivity contribution in [2.24, 2.45) is 5.41 Å². The van der Waals surface area contributed by atoms with Crippen molar-refractivity contribution < 1.29 is 0 Å². The van der Waals surface area contributed by atoms with Crippen molar-refractivity contribution >= 4 is 0 Å². The second-order valence-corrected chi connectivity index (χ2v) is 4.18. The van der Waals surface area contributed by atoms with Crippen LogP contribution in [0.4, 0.5) is 0 Å². The minimum atomic E-state index is 0.283. The fourth-order valence-electron chi connectivity index (χ4n) is 1.12. The van der Waals surface area contributed by atoms with Crippen molar-refractivity contribution in [2.45, 2.75) is 20.8 Å². The van der Waals surface area contributed by atoms with Crippen LogP contribution in [0.15, 0.2) is 23.9 Å². The van der Waals surface area contributed by atoms with Gasteiger partial charge in [0.05, 0.1) is 0 Å². The zero-order valence-corrected chi connectivity index (χ0v) is 7.89. The largest absolute Gasteiger partial charge is 0.376 e. The third-order valence-corrected chi connectivity index (χ3v) is 1.92. The van der Waals surface area contributed by atoms with Crippen molar-refractivity contribution in [2.75, 3.05) is 13.6 Å². The second kappa shape index (κ2) is 2.72. The van der Waals surface area contributed by atoms with E-state index in [1.807, 2.05) is 0 Å². The van der Waals surface area contributed by atoms with E-state index >= 15 is 0 Å². The van der Waals surface area contributed by atoms with E-state index in [0.29, 0.717) is 0 Å². The van der Waals surface area contributed by atoms with Crippen molar-refractivity contribution in [1.82, 2.24) is 4.90 Å². The summed E-state index contributed by atoms with van der Waals surface area (Å²) in [4.78, 5) is 2.21. The van der Waals surface area contributed by atoms with Gasteiger partial charge in [0, 0.05) is 19.8 Å². The molecule has 0 bridgehead atoms. The summed E-state index contributed by atoms with van der Waals surface area (Å²) < 4.78 is 0. The first-order chi connectivity index (χ1) is 5.00. The fraction of sp³-hybridized carbons (Fsp3) is 0.600. The van der Waals surface area contributed by atoms with E-state index in [1.165, 1.54) is 5.57 Å². The molecule has 0 spiro atoms. The maximum absolute atomic E-state index is 2.24. The van der Waals surface area contributed by atoms with E-state index in [1.54, 1.807) is 0 Å². The van der Waals surface area contributed by atoms with E-state index in [0.717, 1.165) is 6.54 Å². The van der Waals surface area contributed by atoms with Gasteiger partial charge in [0.1, 0.15) is 0 Å². The molecule has 11 heavy (non-hydrogen) atoms. The van der Waals surface area contributed by atoms with Gasteiger partial charge >= 0.3 is 0 Å².